The first-order valence-corrected chi connectivity index (χ1v) is 31.5. The van der Waals surface area contributed by atoms with E-state index in [2.05, 4.69) is 93.7 Å². The van der Waals surface area contributed by atoms with Crippen molar-refractivity contribution in [3.05, 3.63) is 24.3 Å². The van der Waals surface area contributed by atoms with Gasteiger partial charge < -0.3 is 61.5 Å². The van der Waals surface area contributed by atoms with Crippen LogP contribution in [0, 0.1) is 11.8 Å². The first-order chi connectivity index (χ1) is 31.5. The average Bonchev–Trinajstić information content (AvgIpc) is 3.33. The number of esters is 1. The number of cyclic esters (lactones) is 1. The molecule has 0 amide bonds. The molecule has 0 aromatic heterocycles. The summed E-state index contributed by atoms with van der Waals surface area (Å²) < 4.78 is 73.6. The Morgan fingerprint density at radius 2 is 1.49 bits per heavy atom. The molecule has 14 nitrogen and oxygen atoms in total. The molecular formula is C52H97NO13Si2. The molecule has 68 heavy (non-hydrogen) atoms. The molecule has 1 N–H and O–H groups in total. The summed E-state index contributed by atoms with van der Waals surface area (Å²) in [6.07, 6.45) is 3.93. The molecule has 0 aliphatic carbocycles. The third-order valence-electron chi connectivity index (χ3n) is 15.9. The minimum Gasteiger partial charge on any atom is -0.462 e. The number of aliphatic hydroxyl groups excluding tert-OH is 1. The average molecular weight is 1000 g/mol. The standard InChI is InChI=1S/C52H97NO13Si2/c1-21-22-28-58-48-36(5)60-42(32-52(48,12)57-16)63-45-35(4)61-49(44(55)43(45)53(13)14)64-46-37-29-33(2)38(65-67(17,18)50(6,7)8)27-25-23-24-26-34(3)59-40(54)31-39(47(46)56-15)62-41(30-37)66-68(19,20)51(9,10)11/h23-25,27,33-39,41-49,55H,21-22,26,28-32H2,1-20H3/b24-23+,27-25+/t33-,34-,35+,36-,37-,38+,39-,41?,42-,43+,44+,45+,46+,47+,48-,49-,52+/m1/s1. The number of aliphatic hydroxyl groups is 1. The number of nitrogens with zero attached hydrogens (tertiary/aromatic N) is 1. The third kappa shape index (κ3) is 15.2. The van der Waals surface area contributed by atoms with Crippen molar-refractivity contribution in [2.45, 2.75) is 256 Å². The van der Waals surface area contributed by atoms with Gasteiger partial charge in [-0.25, -0.2) is 0 Å². The van der Waals surface area contributed by atoms with Crippen LogP contribution < -0.4 is 0 Å². The van der Waals surface area contributed by atoms with E-state index in [1.807, 2.05) is 58.8 Å². The van der Waals surface area contributed by atoms with Gasteiger partial charge in [-0.3, -0.25) is 4.79 Å². The molecule has 0 radical (unpaired) electrons. The molecule has 4 aliphatic heterocycles. The fraction of sp³-hybridized carbons (Fsp3) is 0.904. The summed E-state index contributed by atoms with van der Waals surface area (Å²) in [6, 6.07) is -0.566. The SMILES string of the molecule is CCCCO[C@@H]1[C@@H](C)O[C@H](O[C@@H]2[C@@H](N(C)C)[C@H](O)[C@@H](O[C@H]3[C@H]4CC(O[Si](C)(C)C(C)(C)C)O[C@H](CC(=O)O[C@H](C)C/C=C/C=C/[C@H](O[Si](C)(C)C(C)(C)C)[C@H](C)C4)[C@@H]3OC)O[C@H]2C)C[C@]1(C)OC. The Morgan fingerprint density at radius 1 is 0.838 bits per heavy atom. The monoisotopic (exact) mass is 1000 g/mol. The van der Waals surface area contributed by atoms with Crippen molar-refractivity contribution < 1.29 is 61.4 Å². The highest BCUT2D eigenvalue weighted by atomic mass is 28.4. The van der Waals surface area contributed by atoms with Crippen LogP contribution in [0.1, 0.15) is 128 Å². The van der Waals surface area contributed by atoms with Crippen molar-refractivity contribution >= 4 is 22.6 Å². The van der Waals surface area contributed by atoms with Crippen molar-refractivity contribution in [3.63, 3.8) is 0 Å². The van der Waals surface area contributed by atoms with E-state index >= 15 is 0 Å². The van der Waals surface area contributed by atoms with Gasteiger partial charge in [0.1, 0.15) is 36.8 Å². The Hall–Kier alpha value is -1.10. The lowest BCUT2D eigenvalue weighted by Crippen LogP contribution is -2.66. The van der Waals surface area contributed by atoms with E-state index in [9.17, 15) is 9.90 Å². The number of ether oxygens (including phenoxy) is 9. The van der Waals surface area contributed by atoms with Gasteiger partial charge in [0.15, 0.2) is 29.2 Å². The van der Waals surface area contributed by atoms with Crippen LogP contribution in [0.3, 0.4) is 0 Å². The smallest absolute Gasteiger partial charge is 0.308 e. The zero-order valence-electron chi connectivity index (χ0n) is 46.0. The second-order valence-electron chi connectivity index (χ2n) is 23.8. The van der Waals surface area contributed by atoms with E-state index in [0.29, 0.717) is 32.3 Å². The second kappa shape index (κ2) is 24.8. The van der Waals surface area contributed by atoms with Crippen molar-refractivity contribution in [3.8, 4) is 0 Å². The summed E-state index contributed by atoms with van der Waals surface area (Å²) in [4.78, 5) is 15.8. The molecule has 4 aliphatic rings. The van der Waals surface area contributed by atoms with Crippen molar-refractivity contribution in [2.24, 2.45) is 11.8 Å². The first kappa shape index (κ1) is 59.5. The van der Waals surface area contributed by atoms with Crippen LogP contribution in [0.25, 0.3) is 0 Å². The molecule has 16 heteroatoms. The maximum Gasteiger partial charge on any atom is 0.308 e. The molecular weight excluding hydrogens is 903 g/mol. The molecule has 0 aromatic rings. The zero-order valence-corrected chi connectivity index (χ0v) is 48.0. The number of carbonyl (C=O) groups excluding carboxylic acids is 1. The fourth-order valence-electron chi connectivity index (χ4n) is 9.60. The summed E-state index contributed by atoms with van der Waals surface area (Å²) in [5, 5.41) is 12.4. The number of rotatable bonds is 15. The quantitative estimate of drug-likeness (QED) is 0.0946. The van der Waals surface area contributed by atoms with Crippen molar-refractivity contribution in [1.29, 1.82) is 0 Å². The highest BCUT2D eigenvalue weighted by Crippen LogP contribution is 2.45. The van der Waals surface area contributed by atoms with E-state index in [1.165, 1.54) is 0 Å². The first-order valence-electron chi connectivity index (χ1n) is 25.7. The number of hydrogen-bond acceptors (Lipinski definition) is 14. The van der Waals surface area contributed by atoms with Gasteiger partial charge in [0.2, 0.25) is 0 Å². The number of methoxy groups -OCH3 is 2. The Balaban J connectivity index is 1.78. The highest BCUT2D eigenvalue weighted by molar-refractivity contribution is 6.74. The normalized spacial score (nSPS) is 39.6. The van der Waals surface area contributed by atoms with Crippen LogP contribution >= 0.6 is 0 Å². The van der Waals surface area contributed by atoms with E-state index in [1.54, 1.807) is 14.2 Å². The molecule has 17 atom stereocenters. The number of carbonyl (C=O) groups is 1. The molecule has 4 heterocycles. The van der Waals surface area contributed by atoms with Gasteiger partial charge in [-0.15, -0.1) is 0 Å². The van der Waals surface area contributed by atoms with Crippen molar-refractivity contribution in [1.82, 2.24) is 4.90 Å². The lowest BCUT2D eigenvalue weighted by Gasteiger charge is -2.51. The summed E-state index contributed by atoms with van der Waals surface area (Å²) in [5.41, 5.74) is -0.666. The lowest BCUT2D eigenvalue weighted by atomic mass is 9.83. The predicted octanol–water partition coefficient (Wildman–Crippen LogP) is 9.54. The maximum absolute atomic E-state index is 13.9. The molecule has 0 spiro atoms. The predicted molar refractivity (Wildman–Crippen MR) is 271 cm³/mol. The second-order valence-corrected chi connectivity index (χ2v) is 33.3. The van der Waals surface area contributed by atoms with Gasteiger partial charge in [-0.1, -0.05) is 86.1 Å². The number of likely N-dealkylation sites (N-methyl/N-ethyl adjacent to an activating group) is 1. The number of hydrogen-bond donors (Lipinski definition) is 1. The Morgan fingerprint density at radius 3 is 2.07 bits per heavy atom. The van der Waals surface area contributed by atoms with Crippen LogP contribution in [0.2, 0.25) is 36.3 Å². The molecule has 3 fully saturated rings. The number of allylic oxidation sites excluding steroid dienone is 2. The van der Waals surface area contributed by atoms with Gasteiger partial charge in [0, 0.05) is 40.1 Å². The van der Waals surface area contributed by atoms with Gasteiger partial charge in [-0.2, -0.15) is 0 Å². The molecule has 0 saturated carbocycles. The fourth-order valence-corrected chi connectivity index (χ4v) is 12.1. The Labute approximate surface area is 414 Å². The summed E-state index contributed by atoms with van der Waals surface area (Å²) in [5.74, 6) is -0.667. The molecule has 3 saturated heterocycles. The van der Waals surface area contributed by atoms with Crippen LogP contribution in [0.4, 0.5) is 0 Å². The highest BCUT2D eigenvalue weighted by Gasteiger charge is 2.54. The summed E-state index contributed by atoms with van der Waals surface area (Å²) in [6.45, 7) is 35.3. The third-order valence-corrected chi connectivity index (χ3v) is 24.8. The lowest BCUT2D eigenvalue weighted by molar-refractivity contribution is -0.346. The van der Waals surface area contributed by atoms with E-state index in [-0.39, 0.29) is 52.7 Å². The molecule has 0 aromatic carbocycles. The van der Waals surface area contributed by atoms with Crippen LogP contribution in [-0.2, 0) is 56.3 Å². The minimum atomic E-state index is -2.43. The minimum absolute atomic E-state index is 0.0000139. The van der Waals surface area contributed by atoms with Gasteiger partial charge in [-0.05, 0) is 103 Å². The Kier molecular flexibility index (Phi) is 21.6. The Bertz CT molecular complexity index is 1620. The van der Waals surface area contributed by atoms with Crippen LogP contribution in [-0.4, -0.2) is 159 Å². The van der Waals surface area contributed by atoms with Gasteiger partial charge in [0.05, 0.1) is 48.6 Å². The largest absolute Gasteiger partial charge is 0.462 e. The van der Waals surface area contributed by atoms with Crippen molar-refractivity contribution in [2.75, 3.05) is 34.9 Å². The molecule has 2 bridgehead atoms. The van der Waals surface area contributed by atoms with E-state index in [0.717, 1.165) is 12.8 Å². The molecule has 4 rings (SSSR count). The summed E-state index contributed by atoms with van der Waals surface area (Å²) in [7, 11) is 2.50. The maximum atomic E-state index is 13.9. The van der Waals surface area contributed by atoms with Gasteiger partial charge in [0.25, 0.3) is 0 Å². The van der Waals surface area contributed by atoms with Gasteiger partial charge >= 0.3 is 5.97 Å². The zero-order chi connectivity index (χ0) is 51.2. The van der Waals surface area contributed by atoms with E-state index < -0.39 is 89.7 Å². The number of unbranched alkanes of at least 4 members (excludes halogenated alkanes) is 1. The van der Waals surface area contributed by atoms with Crippen LogP contribution in [0.15, 0.2) is 24.3 Å². The molecule has 1 unspecified atom stereocenters. The molecule has 396 valence electrons. The number of fused-ring (bicyclic) bond motifs is 3. The topological polar surface area (TPSA) is 142 Å². The van der Waals surface area contributed by atoms with Crippen LogP contribution in [0.5, 0.6) is 0 Å². The summed E-state index contributed by atoms with van der Waals surface area (Å²) >= 11 is 0. The van der Waals surface area contributed by atoms with E-state index in [4.69, 9.17) is 51.5 Å².